The molecule has 0 aliphatic rings. The van der Waals surface area contributed by atoms with Gasteiger partial charge in [-0.3, -0.25) is 0 Å². The molecule has 3 rings (SSSR count). The molecule has 0 spiro atoms. The Bertz CT molecular complexity index is 1230. The van der Waals surface area contributed by atoms with Gasteiger partial charge in [-0.05, 0) is 62.7 Å². The highest BCUT2D eigenvalue weighted by atomic mass is 35.5. The van der Waals surface area contributed by atoms with E-state index in [1.165, 1.54) is 44.4 Å². The lowest BCUT2D eigenvalue weighted by Crippen LogP contribution is -2.39. The smallest absolute Gasteiger partial charge is 0.416 e. The van der Waals surface area contributed by atoms with Gasteiger partial charge in [0, 0.05) is 0 Å². The Kier molecular flexibility index (Phi) is 7.32. The molecule has 182 valence electrons. The zero-order valence-electron chi connectivity index (χ0n) is 18.3. The lowest BCUT2D eigenvalue weighted by Gasteiger charge is -2.25. The molecule has 0 saturated carbocycles. The molecule has 0 aliphatic carbocycles. The van der Waals surface area contributed by atoms with E-state index in [1.54, 1.807) is 6.92 Å². The normalized spacial score (nSPS) is 12.0. The van der Waals surface area contributed by atoms with E-state index < -0.39 is 29.0 Å². The van der Waals surface area contributed by atoms with Crippen molar-refractivity contribution in [2.45, 2.75) is 39.1 Å². The first-order valence-corrected chi connectivity index (χ1v) is 10.8. The minimum atomic E-state index is -4.48. The lowest BCUT2D eigenvalue weighted by molar-refractivity contribution is -0.158. The third kappa shape index (κ3) is 5.56. The van der Waals surface area contributed by atoms with Crippen molar-refractivity contribution in [3.05, 3.63) is 74.4 Å². The SMILES string of the molecule is CCOC(=O)C(C)(C)Oc1c(Cl)cc(Cn2ncn(-c3ccc(C(F)(F)F)cc3)c2=O)cc1Cl. The Morgan fingerprint density at radius 1 is 1.09 bits per heavy atom. The molecule has 2 aromatic carbocycles. The molecule has 0 saturated heterocycles. The largest absolute Gasteiger partial charge is 0.473 e. The van der Waals surface area contributed by atoms with E-state index in [0.29, 0.717) is 5.56 Å². The molecule has 3 aromatic rings. The highest BCUT2D eigenvalue weighted by Gasteiger charge is 2.33. The molecule has 1 heterocycles. The van der Waals surface area contributed by atoms with Crippen LogP contribution in [0.4, 0.5) is 13.2 Å². The number of rotatable bonds is 7. The van der Waals surface area contributed by atoms with Crippen LogP contribution in [-0.4, -0.2) is 32.5 Å². The van der Waals surface area contributed by atoms with Crippen molar-refractivity contribution >= 4 is 29.2 Å². The molecule has 34 heavy (non-hydrogen) atoms. The van der Waals surface area contributed by atoms with Gasteiger partial charge >= 0.3 is 17.8 Å². The first-order valence-electron chi connectivity index (χ1n) is 9.99. The molecule has 0 fully saturated rings. The maximum Gasteiger partial charge on any atom is 0.416 e. The Labute approximate surface area is 202 Å². The summed E-state index contributed by atoms with van der Waals surface area (Å²) in [5, 5.41) is 4.22. The van der Waals surface area contributed by atoms with E-state index in [0.717, 1.165) is 21.4 Å². The first kappa shape index (κ1) is 25.6. The van der Waals surface area contributed by atoms with Crippen LogP contribution in [0, 0.1) is 0 Å². The van der Waals surface area contributed by atoms with Gasteiger partial charge in [0.15, 0.2) is 11.4 Å². The number of carbonyl (C=O) groups excluding carboxylic acids is 1. The molecular formula is C22H20Cl2F3N3O4. The molecule has 7 nitrogen and oxygen atoms in total. The number of halogens is 5. The van der Waals surface area contributed by atoms with Crippen molar-refractivity contribution in [1.82, 2.24) is 14.3 Å². The predicted molar refractivity (Wildman–Crippen MR) is 120 cm³/mol. The summed E-state index contributed by atoms with van der Waals surface area (Å²) < 4.78 is 51.2. The van der Waals surface area contributed by atoms with Crippen LogP contribution < -0.4 is 10.4 Å². The third-order valence-electron chi connectivity index (χ3n) is 4.72. The molecule has 0 bridgehead atoms. The summed E-state index contributed by atoms with van der Waals surface area (Å²) in [6, 6.07) is 7.15. The number of hydrogen-bond acceptors (Lipinski definition) is 5. The maximum atomic E-state index is 12.8. The zero-order chi connectivity index (χ0) is 25.3. The third-order valence-corrected chi connectivity index (χ3v) is 5.28. The molecule has 0 aliphatic heterocycles. The molecule has 0 atom stereocenters. The number of hydrogen-bond donors (Lipinski definition) is 0. The van der Waals surface area contributed by atoms with Crippen molar-refractivity contribution in [2.24, 2.45) is 0 Å². The number of ether oxygens (including phenoxy) is 2. The van der Waals surface area contributed by atoms with Gasteiger partial charge < -0.3 is 9.47 Å². The number of carbonyl (C=O) groups is 1. The highest BCUT2D eigenvalue weighted by molar-refractivity contribution is 6.37. The Balaban J connectivity index is 1.83. The van der Waals surface area contributed by atoms with Crippen LogP contribution in [0.5, 0.6) is 5.75 Å². The summed E-state index contributed by atoms with van der Waals surface area (Å²) in [6.07, 6.45) is -3.28. The van der Waals surface area contributed by atoms with Crippen LogP contribution in [0.3, 0.4) is 0 Å². The van der Waals surface area contributed by atoms with Crippen molar-refractivity contribution in [3.8, 4) is 11.4 Å². The Hall–Kier alpha value is -2.98. The molecule has 1 aromatic heterocycles. The first-order chi connectivity index (χ1) is 15.8. The van der Waals surface area contributed by atoms with Gasteiger partial charge in [0.1, 0.15) is 6.33 Å². The quantitative estimate of drug-likeness (QED) is 0.406. The number of aromatic nitrogens is 3. The summed E-state index contributed by atoms with van der Waals surface area (Å²) in [7, 11) is 0. The van der Waals surface area contributed by atoms with Crippen LogP contribution in [0.1, 0.15) is 31.9 Å². The van der Waals surface area contributed by atoms with Gasteiger partial charge in [-0.25, -0.2) is 18.8 Å². The van der Waals surface area contributed by atoms with Gasteiger partial charge in [-0.2, -0.15) is 18.3 Å². The average molecular weight is 518 g/mol. The van der Waals surface area contributed by atoms with Crippen molar-refractivity contribution in [2.75, 3.05) is 6.61 Å². The van der Waals surface area contributed by atoms with Crippen LogP contribution >= 0.6 is 23.2 Å². The summed E-state index contributed by atoms with van der Waals surface area (Å²) in [5.41, 5.74) is -2.01. The van der Waals surface area contributed by atoms with E-state index in [-0.39, 0.29) is 34.6 Å². The van der Waals surface area contributed by atoms with Crippen molar-refractivity contribution in [3.63, 3.8) is 0 Å². The molecular weight excluding hydrogens is 498 g/mol. The van der Waals surface area contributed by atoms with Crippen molar-refractivity contribution in [1.29, 1.82) is 0 Å². The minimum absolute atomic E-state index is 0.0204. The molecule has 12 heteroatoms. The van der Waals surface area contributed by atoms with E-state index in [9.17, 15) is 22.8 Å². The summed E-state index contributed by atoms with van der Waals surface area (Å²) in [5.74, 6) is -0.515. The fourth-order valence-corrected chi connectivity index (χ4v) is 3.62. The van der Waals surface area contributed by atoms with Crippen molar-refractivity contribution < 1.29 is 27.4 Å². The topological polar surface area (TPSA) is 75.3 Å². The van der Waals surface area contributed by atoms with Crippen LogP contribution in [0.25, 0.3) is 5.69 Å². The second kappa shape index (κ2) is 9.71. The summed E-state index contributed by atoms with van der Waals surface area (Å²) >= 11 is 12.6. The van der Waals surface area contributed by atoms with Gasteiger partial charge in [0.2, 0.25) is 0 Å². The van der Waals surface area contributed by atoms with E-state index in [2.05, 4.69) is 5.10 Å². The van der Waals surface area contributed by atoms with Crippen LogP contribution in [-0.2, 0) is 22.3 Å². The van der Waals surface area contributed by atoms with Crippen LogP contribution in [0.2, 0.25) is 10.0 Å². The molecule has 0 amide bonds. The van der Waals surface area contributed by atoms with E-state index in [1.807, 2.05) is 0 Å². The minimum Gasteiger partial charge on any atom is -0.473 e. The number of benzene rings is 2. The van der Waals surface area contributed by atoms with Gasteiger partial charge in [0.25, 0.3) is 0 Å². The number of nitrogens with zero attached hydrogens (tertiary/aromatic N) is 3. The highest BCUT2D eigenvalue weighted by Crippen LogP contribution is 2.37. The maximum absolute atomic E-state index is 12.8. The Morgan fingerprint density at radius 3 is 2.21 bits per heavy atom. The fourth-order valence-electron chi connectivity index (χ4n) is 3.01. The predicted octanol–water partition coefficient (Wildman–Crippen LogP) is 5.13. The fraction of sp³-hybridized carbons (Fsp3) is 0.318. The molecule has 0 unspecified atom stereocenters. The summed E-state index contributed by atoms with van der Waals surface area (Å²) in [6.45, 7) is 4.86. The number of esters is 1. The summed E-state index contributed by atoms with van der Waals surface area (Å²) in [4.78, 5) is 24.8. The monoisotopic (exact) mass is 517 g/mol. The van der Waals surface area contributed by atoms with Crippen LogP contribution in [0.15, 0.2) is 47.5 Å². The van der Waals surface area contributed by atoms with E-state index >= 15 is 0 Å². The molecule has 0 N–H and O–H groups in total. The van der Waals surface area contributed by atoms with Gasteiger partial charge in [-0.1, -0.05) is 23.2 Å². The van der Waals surface area contributed by atoms with Gasteiger partial charge in [-0.15, -0.1) is 0 Å². The molecule has 0 radical (unpaired) electrons. The number of alkyl halides is 3. The standard InChI is InChI=1S/C22H20Cl2F3N3O4/c1-4-33-19(31)21(2,3)34-18-16(23)9-13(10-17(18)24)11-30-20(32)29(12-28-30)15-7-5-14(6-8-15)22(25,26)27/h5-10,12H,4,11H2,1-3H3. The van der Waals surface area contributed by atoms with Gasteiger partial charge in [0.05, 0.1) is 34.4 Å². The van der Waals surface area contributed by atoms with E-state index in [4.69, 9.17) is 32.7 Å². The second-order valence-electron chi connectivity index (χ2n) is 7.71. The second-order valence-corrected chi connectivity index (χ2v) is 8.52. The zero-order valence-corrected chi connectivity index (χ0v) is 19.8. The lowest BCUT2D eigenvalue weighted by atomic mass is 10.1. The Morgan fingerprint density at radius 2 is 1.68 bits per heavy atom. The average Bonchev–Trinajstić information content (AvgIpc) is 3.10.